The SMILES string of the molecule is Fc1ccc2nccc(C3CCC(CCc4nc5cc(C6CC6)ccc5[nH]4)CC3)c2c1. The van der Waals surface area contributed by atoms with Crippen LogP contribution in [0.15, 0.2) is 48.7 Å². The van der Waals surface area contributed by atoms with E-state index in [0.717, 1.165) is 40.5 Å². The Hall–Kier alpha value is -2.75. The van der Waals surface area contributed by atoms with Crippen LogP contribution < -0.4 is 0 Å². The van der Waals surface area contributed by atoms with Gasteiger partial charge >= 0.3 is 0 Å². The lowest BCUT2D eigenvalue weighted by Crippen LogP contribution is -2.14. The summed E-state index contributed by atoms with van der Waals surface area (Å²) in [6.07, 6.45) is 11.5. The van der Waals surface area contributed by atoms with Crippen molar-refractivity contribution in [3.8, 4) is 0 Å². The lowest BCUT2D eigenvalue weighted by atomic mass is 9.76. The molecule has 2 aliphatic rings. The average molecular weight is 414 g/mol. The maximum absolute atomic E-state index is 13.8. The van der Waals surface area contributed by atoms with E-state index in [1.807, 2.05) is 6.20 Å². The molecule has 31 heavy (non-hydrogen) atoms. The topological polar surface area (TPSA) is 41.6 Å². The predicted octanol–water partition coefficient (Wildman–Crippen LogP) is 7.03. The number of fused-ring (bicyclic) bond motifs is 2. The molecule has 6 rings (SSSR count). The number of rotatable bonds is 5. The van der Waals surface area contributed by atoms with Gasteiger partial charge in [0, 0.05) is 18.0 Å². The molecule has 0 aliphatic heterocycles. The van der Waals surface area contributed by atoms with E-state index in [-0.39, 0.29) is 5.82 Å². The zero-order valence-electron chi connectivity index (χ0n) is 17.8. The molecule has 4 heteroatoms. The third-order valence-electron chi connectivity index (χ3n) is 7.42. The van der Waals surface area contributed by atoms with Crippen LogP contribution in [0.5, 0.6) is 0 Å². The molecular weight excluding hydrogens is 385 g/mol. The van der Waals surface area contributed by atoms with E-state index < -0.39 is 0 Å². The minimum Gasteiger partial charge on any atom is -0.342 e. The third-order valence-corrected chi connectivity index (χ3v) is 7.42. The van der Waals surface area contributed by atoms with Crippen molar-refractivity contribution in [1.82, 2.24) is 15.0 Å². The zero-order valence-corrected chi connectivity index (χ0v) is 17.8. The molecule has 0 bridgehead atoms. The molecule has 0 atom stereocenters. The van der Waals surface area contributed by atoms with Crippen LogP contribution in [0, 0.1) is 11.7 Å². The summed E-state index contributed by atoms with van der Waals surface area (Å²) in [7, 11) is 0. The summed E-state index contributed by atoms with van der Waals surface area (Å²) >= 11 is 0. The number of aromatic nitrogens is 3. The molecule has 2 aromatic heterocycles. The number of aryl methyl sites for hydroxylation is 1. The van der Waals surface area contributed by atoms with Gasteiger partial charge in [0.25, 0.3) is 0 Å². The zero-order chi connectivity index (χ0) is 20.8. The quantitative estimate of drug-likeness (QED) is 0.381. The van der Waals surface area contributed by atoms with Crippen molar-refractivity contribution in [2.45, 2.75) is 63.2 Å². The van der Waals surface area contributed by atoms with Crippen molar-refractivity contribution >= 4 is 21.9 Å². The van der Waals surface area contributed by atoms with Gasteiger partial charge in [-0.1, -0.05) is 6.07 Å². The molecule has 0 amide bonds. The van der Waals surface area contributed by atoms with Crippen LogP contribution in [0.4, 0.5) is 4.39 Å². The first-order chi connectivity index (χ1) is 15.2. The molecule has 0 unspecified atom stereocenters. The Bertz CT molecular complexity index is 1230. The first-order valence-corrected chi connectivity index (χ1v) is 11.8. The van der Waals surface area contributed by atoms with Gasteiger partial charge in [-0.3, -0.25) is 4.98 Å². The van der Waals surface area contributed by atoms with Gasteiger partial charge in [0.1, 0.15) is 11.6 Å². The Balaban J connectivity index is 1.09. The van der Waals surface area contributed by atoms with Crippen molar-refractivity contribution in [2.24, 2.45) is 5.92 Å². The highest BCUT2D eigenvalue weighted by molar-refractivity contribution is 5.82. The maximum Gasteiger partial charge on any atom is 0.123 e. The summed E-state index contributed by atoms with van der Waals surface area (Å²) in [6, 6.07) is 13.8. The van der Waals surface area contributed by atoms with E-state index in [9.17, 15) is 4.39 Å². The van der Waals surface area contributed by atoms with Gasteiger partial charge < -0.3 is 4.98 Å². The third kappa shape index (κ3) is 3.84. The smallest absolute Gasteiger partial charge is 0.123 e. The van der Waals surface area contributed by atoms with E-state index in [4.69, 9.17) is 4.98 Å². The monoisotopic (exact) mass is 413 g/mol. The minimum atomic E-state index is -0.175. The second-order valence-corrected chi connectivity index (χ2v) is 9.55. The van der Waals surface area contributed by atoms with Gasteiger partial charge in [0.15, 0.2) is 0 Å². The maximum atomic E-state index is 13.8. The Morgan fingerprint density at radius 1 is 0.871 bits per heavy atom. The predicted molar refractivity (Wildman–Crippen MR) is 123 cm³/mol. The number of hydrogen-bond donors (Lipinski definition) is 1. The van der Waals surface area contributed by atoms with Gasteiger partial charge in [0.2, 0.25) is 0 Å². The van der Waals surface area contributed by atoms with Gasteiger partial charge in [0.05, 0.1) is 16.6 Å². The number of nitrogens with zero attached hydrogens (tertiary/aromatic N) is 2. The molecule has 2 fully saturated rings. The second-order valence-electron chi connectivity index (χ2n) is 9.55. The van der Waals surface area contributed by atoms with E-state index in [1.54, 1.807) is 12.1 Å². The highest BCUT2D eigenvalue weighted by Crippen LogP contribution is 2.41. The van der Waals surface area contributed by atoms with Crippen LogP contribution in [0.1, 0.15) is 73.7 Å². The van der Waals surface area contributed by atoms with Crippen molar-refractivity contribution in [1.29, 1.82) is 0 Å². The van der Waals surface area contributed by atoms with E-state index in [0.29, 0.717) is 5.92 Å². The van der Waals surface area contributed by atoms with Gasteiger partial charge in [-0.2, -0.15) is 0 Å². The normalized spacial score (nSPS) is 21.7. The fraction of sp³-hybridized carbons (Fsp3) is 0.407. The molecule has 0 spiro atoms. The lowest BCUT2D eigenvalue weighted by Gasteiger charge is -2.29. The lowest BCUT2D eigenvalue weighted by molar-refractivity contribution is 0.310. The number of aromatic amines is 1. The number of benzene rings is 2. The van der Waals surface area contributed by atoms with Crippen molar-refractivity contribution < 1.29 is 4.39 Å². The molecule has 0 saturated heterocycles. The van der Waals surface area contributed by atoms with Crippen molar-refractivity contribution in [3.05, 3.63) is 71.4 Å². The number of H-pyrrole nitrogens is 1. The van der Waals surface area contributed by atoms with E-state index in [2.05, 4.69) is 34.2 Å². The highest BCUT2D eigenvalue weighted by Gasteiger charge is 2.25. The first kappa shape index (κ1) is 19.0. The standard InChI is InChI=1S/C27H28FN3/c28-21-9-11-24-23(16-21)22(13-14-29-24)19-4-1-17(2-5-19)3-12-27-30-25-10-8-20(18-6-7-18)15-26(25)31-27/h8-11,13-19H,1-7,12H2,(H,30,31). The molecule has 3 nitrogen and oxygen atoms in total. The minimum absolute atomic E-state index is 0.175. The summed E-state index contributed by atoms with van der Waals surface area (Å²) in [5, 5.41) is 0.985. The fourth-order valence-electron chi connectivity index (χ4n) is 5.46. The van der Waals surface area contributed by atoms with Crippen LogP contribution >= 0.6 is 0 Å². The summed E-state index contributed by atoms with van der Waals surface area (Å²) in [5.41, 5.74) is 5.91. The number of imidazole rings is 1. The summed E-state index contributed by atoms with van der Waals surface area (Å²) in [5.74, 6) is 2.98. The Morgan fingerprint density at radius 3 is 2.55 bits per heavy atom. The van der Waals surface area contributed by atoms with Gasteiger partial charge in [-0.15, -0.1) is 0 Å². The van der Waals surface area contributed by atoms with Crippen molar-refractivity contribution in [3.63, 3.8) is 0 Å². The Morgan fingerprint density at radius 2 is 1.71 bits per heavy atom. The summed E-state index contributed by atoms with van der Waals surface area (Å²) in [4.78, 5) is 12.8. The van der Waals surface area contributed by atoms with Crippen LogP contribution in [0.25, 0.3) is 21.9 Å². The number of hydrogen-bond acceptors (Lipinski definition) is 2. The van der Waals surface area contributed by atoms with Gasteiger partial charge in [-0.05, 0) is 110 Å². The fourth-order valence-corrected chi connectivity index (χ4v) is 5.46. The number of nitrogens with one attached hydrogen (secondary N) is 1. The van der Waals surface area contributed by atoms with Crippen LogP contribution in [0.3, 0.4) is 0 Å². The van der Waals surface area contributed by atoms with Crippen LogP contribution in [0.2, 0.25) is 0 Å². The number of pyridine rings is 1. The number of halogens is 1. The molecule has 2 heterocycles. The molecule has 2 aromatic carbocycles. The largest absolute Gasteiger partial charge is 0.342 e. The Kier molecular flexibility index (Phi) is 4.74. The molecular formula is C27H28FN3. The highest BCUT2D eigenvalue weighted by atomic mass is 19.1. The molecule has 1 N–H and O–H groups in total. The Labute approximate surface area is 182 Å². The van der Waals surface area contributed by atoms with Crippen LogP contribution in [-0.4, -0.2) is 15.0 Å². The first-order valence-electron chi connectivity index (χ1n) is 11.8. The molecule has 2 saturated carbocycles. The molecule has 158 valence electrons. The van der Waals surface area contributed by atoms with Gasteiger partial charge in [-0.25, -0.2) is 9.37 Å². The molecule has 4 aromatic rings. The summed E-state index contributed by atoms with van der Waals surface area (Å²) in [6.45, 7) is 0. The van der Waals surface area contributed by atoms with E-state index in [1.165, 1.54) is 67.7 Å². The molecule has 2 aliphatic carbocycles. The summed E-state index contributed by atoms with van der Waals surface area (Å²) < 4.78 is 13.8. The van der Waals surface area contributed by atoms with Crippen molar-refractivity contribution in [2.75, 3.05) is 0 Å². The molecule has 0 radical (unpaired) electrons. The van der Waals surface area contributed by atoms with Crippen LogP contribution in [-0.2, 0) is 6.42 Å². The average Bonchev–Trinajstić information content (AvgIpc) is 3.57. The van der Waals surface area contributed by atoms with E-state index >= 15 is 0 Å². The second kappa shape index (κ2) is 7.74.